The van der Waals surface area contributed by atoms with Gasteiger partial charge in [0.15, 0.2) is 0 Å². The van der Waals surface area contributed by atoms with Crippen molar-refractivity contribution in [2.75, 3.05) is 19.8 Å². The molecule has 0 aliphatic carbocycles. The van der Waals surface area contributed by atoms with E-state index in [9.17, 15) is 8.78 Å². The fraction of sp³-hybridized carbons (Fsp3) is 0.600. The van der Waals surface area contributed by atoms with Crippen molar-refractivity contribution in [3.8, 4) is 0 Å². The van der Waals surface area contributed by atoms with Crippen LogP contribution in [0.1, 0.15) is 25.3 Å². The van der Waals surface area contributed by atoms with E-state index >= 15 is 0 Å². The summed E-state index contributed by atoms with van der Waals surface area (Å²) in [6.07, 6.45) is 2.52. The Hall–Kier alpha value is -1.00. The number of benzene rings is 1. The van der Waals surface area contributed by atoms with Gasteiger partial charge in [0.1, 0.15) is 11.6 Å². The number of hydrogen-bond donors (Lipinski definition) is 1. The summed E-state index contributed by atoms with van der Waals surface area (Å²) in [7, 11) is 0. The van der Waals surface area contributed by atoms with Gasteiger partial charge in [-0.3, -0.25) is 0 Å². The SMILES string of the molecule is CCCNC(Cc1cc(F)ccc1F)C1CCOC1. The van der Waals surface area contributed by atoms with Crippen LogP contribution in [-0.2, 0) is 11.2 Å². The quantitative estimate of drug-likeness (QED) is 0.857. The molecule has 1 N–H and O–H groups in total. The minimum absolute atomic E-state index is 0.152. The summed E-state index contributed by atoms with van der Waals surface area (Å²) < 4.78 is 32.3. The number of rotatable bonds is 6. The van der Waals surface area contributed by atoms with Crippen LogP contribution in [-0.4, -0.2) is 25.8 Å². The van der Waals surface area contributed by atoms with Gasteiger partial charge in [-0.05, 0) is 49.6 Å². The van der Waals surface area contributed by atoms with Crippen molar-refractivity contribution in [3.05, 3.63) is 35.4 Å². The van der Waals surface area contributed by atoms with Gasteiger partial charge in [0.25, 0.3) is 0 Å². The van der Waals surface area contributed by atoms with Crippen LogP contribution in [0.4, 0.5) is 8.78 Å². The molecule has 19 heavy (non-hydrogen) atoms. The molecule has 2 atom stereocenters. The first-order valence-corrected chi connectivity index (χ1v) is 6.95. The lowest BCUT2D eigenvalue weighted by Crippen LogP contribution is -2.39. The Balaban J connectivity index is 2.07. The van der Waals surface area contributed by atoms with Gasteiger partial charge in [0.05, 0.1) is 6.61 Å². The molecule has 2 nitrogen and oxygen atoms in total. The van der Waals surface area contributed by atoms with Crippen LogP contribution in [0.5, 0.6) is 0 Å². The van der Waals surface area contributed by atoms with Gasteiger partial charge in [-0.1, -0.05) is 6.92 Å². The van der Waals surface area contributed by atoms with Gasteiger partial charge in [-0.2, -0.15) is 0 Å². The van der Waals surface area contributed by atoms with Gasteiger partial charge in [0, 0.05) is 18.6 Å². The van der Waals surface area contributed by atoms with Crippen molar-refractivity contribution in [3.63, 3.8) is 0 Å². The number of nitrogens with one attached hydrogen (secondary N) is 1. The summed E-state index contributed by atoms with van der Waals surface area (Å²) in [4.78, 5) is 0. The van der Waals surface area contributed by atoms with Crippen molar-refractivity contribution in [2.45, 2.75) is 32.2 Å². The Kier molecular flexibility index (Phi) is 5.28. The third kappa shape index (κ3) is 3.98. The van der Waals surface area contributed by atoms with Crippen LogP contribution in [0.2, 0.25) is 0 Å². The first-order chi connectivity index (χ1) is 9.20. The summed E-state index contributed by atoms with van der Waals surface area (Å²) >= 11 is 0. The topological polar surface area (TPSA) is 21.3 Å². The lowest BCUT2D eigenvalue weighted by molar-refractivity contribution is 0.176. The Morgan fingerprint density at radius 2 is 2.26 bits per heavy atom. The molecule has 1 heterocycles. The second kappa shape index (κ2) is 6.96. The van der Waals surface area contributed by atoms with Gasteiger partial charge in [-0.15, -0.1) is 0 Å². The largest absolute Gasteiger partial charge is 0.381 e. The van der Waals surface area contributed by atoms with Crippen LogP contribution in [0.15, 0.2) is 18.2 Å². The highest BCUT2D eigenvalue weighted by molar-refractivity contribution is 5.20. The maximum Gasteiger partial charge on any atom is 0.126 e. The molecule has 0 saturated carbocycles. The van der Waals surface area contributed by atoms with Crippen LogP contribution in [0.3, 0.4) is 0 Å². The highest BCUT2D eigenvalue weighted by atomic mass is 19.1. The summed E-state index contributed by atoms with van der Waals surface area (Å²) in [6, 6.07) is 3.81. The van der Waals surface area contributed by atoms with Gasteiger partial charge in [0.2, 0.25) is 0 Å². The van der Waals surface area contributed by atoms with E-state index in [0.29, 0.717) is 24.5 Å². The maximum absolute atomic E-state index is 13.7. The Labute approximate surface area is 113 Å². The second-order valence-corrected chi connectivity index (χ2v) is 5.12. The van der Waals surface area contributed by atoms with E-state index in [-0.39, 0.29) is 17.7 Å². The minimum Gasteiger partial charge on any atom is -0.381 e. The van der Waals surface area contributed by atoms with E-state index in [1.165, 1.54) is 12.1 Å². The van der Waals surface area contributed by atoms with Crippen LogP contribution < -0.4 is 5.32 Å². The van der Waals surface area contributed by atoms with Crippen molar-refractivity contribution in [1.82, 2.24) is 5.32 Å². The van der Waals surface area contributed by atoms with Crippen molar-refractivity contribution in [1.29, 1.82) is 0 Å². The van der Waals surface area contributed by atoms with Gasteiger partial charge in [-0.25, -0.2) is 8.78 Å². The Bertz CT molecular complexity index is 405. The summed E-state index contributed by atoms with van der Waals surface area (Å²) in [6.45, 7) is 4.45. The molecule has 1 saturated heterocycles. The molecular weight excluding hydrogens is 248 g/mol. The smallest absolute Gasteiger partial charge is 0.126 e. The van der Waals surface area contributed by atoms with Crippen molar-refractivity contribution in [2.24, 2.45) is 5.92 Å². The zero-order valence-electron chi connectivity index (χ0n) is 11.3. The van der Waals surface area contributed by atoms with Gasteiger partial charge >= 0.3 is 0 Å². The van der Waals surface area contributed by atoms with Crippen LogP contribution in [0, 0.1) is 17.6 Å². The molecule has 1 aliphatic rings. The summed E-state index contributed by atoms with van der Waals surface area (Å²) in [5, 5.41) is 3.44. The molecule has 2 unspecified atom stereocenters. The fourth-order valence-corrected chi connectivity index (χ4v) is 2.54. The first kappa shape index (κ1) is 14.4. The van der Waals surface area contributed by atoms with E-state index in [4.69, 9.17) is 4.74 Å². The molecule has 0 radical (unpaired) electrons. The molecule has 0 amide bonds. The van der Waals surface area contributed by atoms with E-state index < -0.39 is 0 Å². The first-order valence-electron chi connectivity index (χ1n) is 6.95. The minimum atomic E-state index is -0.381. The molecular formula is C15H21F2NO. The molecule has 1 aromatic carbocycles. The van der Waals surface area contributed by atoms with Crippen molar-refractivity contribution >= 4 is 0 Å². The lowest BCUT2D eigenvalue weighted by atomic mass is 9.92. The predicted molar refractivity (Wildman–Crippen MR) is 71.1 cm³/mol. The fourth-order valence-electron chi connectivity index (χ4n) is 2.54. The Morgan fingerprint density at radius 1 is 1.42 bits per heavy atom. The lowest BCUT2D eigenvalue weighted by Gasteiger charge is -2.24. The molecule has 2 rings (SSSR count). The van der Waals surface area contributed by atoms with Gasteiger partial charge < -0.3 is 10.1 Å². The molecule has 0 spiro atoms. The normalized spacial score (nSPS) is 20.7. The predicted octanol–water partition coefficient (Wildman–Crippen LogP) is 2.91. The standard InChI is InChI=1S/C15H21F2NO/c1-2-6-18-15(11-5-7-19-10-11)9-12-8-13(16)3-4-14(12)17/h3-4,8,11,15,18H,2,5-7,9-10H2,1H3. The molecule has 1 aliphatic heterocycles. The third-order valence-electron chi connectivity index (χ3n) is 3.64. The number of hydrogen-bond acceptors (Lipinski definition) is 2. The average Bonchev–Trinajstić information content (AvgIpc) is 2.92. The van der Waals surface area contributed by atoms with E-state index in [1.54, 1.807) is 0 Å². The average molecular weight is 269 g/mol. The molecule has 0 bridgehead atoms. The number of ether oxygens (including phenoxy) is 1. The molecule has 0 aromatic heterocycles. The Morgan fingerprint density at radius 3 is 2.95 bits per heavy atom. The monoisotopic (exact) mass is 269 g/mol. The molecule has 4 heteroatoms. The maximum atomic E-state index is 13.7. The zero-order chi connectivity index (χ0) is 13.7. The molecule has 1 aromatic rings. The second-order valence-electron chi connectivity index (χ2n) is 5.12. The van der Waals surface area contributed by atoms with E-state index in [0.717, 1.165) is 32.1 Å². The molecule has 1 fully saturated rings. The number of halogens is 2. The highest BCUT2D eigenvalue weighted by Gasteiger charge is 2.26. The van der Waals surface area contributed by atoms with Crippen LogP contribution in [0.25, 0.3) is 0 Å². The summed E-state index contributed by atoms with van der Waals surface area (Å²) in [5.41, 5.74) is 0.445. The molecule has 106 valence electrons. The zero-order valence-corrected chi connectivity index (χ0v) is 11.3. The summed E-state index contributed by atoms with van der Waals surface area (Å²) in [5.74, 6) is -0.328. The van der Waals surface area contributed by atoms with E-state index in [2.05, 4.69) is 12.2 Å². The highest BCUT2D eigenvalue weighted by Crippen LogP contribution is 2.21. The van der Waals surface area contributed by atoms with Crippen molar-refractivity contribution < 1.29 is 13.5 Å². The third-order valence-corrected chi connectivity index (χ3v) is 3.64. The van der Waals surface area contributed by atoms with Crippen LogP contribution >= 0.6 is 0 Å². The van der Waals surface area contributed by atoms with E-state index in [1.807, 2.05) is 0 Å².